The third-order valence-electron chi connectivity index (χ3n) is 4.45. The summed E-state index contributed by atoms with van der Waals surface area (Å²) in [6, 6.07) is 13.2. The molecule has 0 bridgehead atoms. The lowest BCUT2D eigenvalue weighted by Gasteiger charge is -2.04. The molecule has 134 valence electrons. The van der Waals surface area contributed by atoms with Crippen molar-refractivity contribution in [1.29, 1.82) is 0 Å². The average molecular weight is 380 g/mol. The molecule has 27 heavy (non-hydrogen) atoms. The molecular weight excluding hydrogens is 368 g/mol. The van der Waals surface area contributed by atoms with Gasteiger partial charge in [-0.05, 0) is 46.5 Å². The van der Waals surface area contributed by atoms with Crippen LogP contribution in [-0.4, -0.2) is 22.5 Å². The Hall–Kier alpha value is -3.52. The van der Waals surface area contributed by atoms with Gasteiger partial charge in [-0.15, -0.1) is 11.3 Å². The Bertz CT molecular complexity index is 1200. The fourth-order valence-corrected chi connectivity index (χ4v) is 3.83. The van der Waals surface area contributed by atoms with Gasteiger partial charge in [-0.3, -0.25) is 4.79 Å². The van der Waals surface area contributed by atoms with Crippen molar-refractivity contribution in [3.8, 4) is 22.9 Å². The van der Waals surface area contributed by atoms with Crippen LogP contribution in [0.2, 0.25) is 0 Å². The first-order valence-electron chi connectivity index (χ1n) is 8.09. The third-order valence-corrected chi connectivity index (χ3v) is 5.32. The number of benzene rings is 2. The van der Waals surface area contributed by atoms with Crippen LogP contribution in [0.3, 0.4) is 0 Å². The van der Waals surface area contributed by atoms with Crippen molar-refractivity contribution >= 4 is 28.2 Å². The minimum Gasteiger partial charge on any atom is -0.710 e. The Labute approximate surface area is 156 Å². The van der Waals surface area contributed by atoms with Crippen molar-refractivity contribution in [2.24, 2.45) is 0 Å². The fourth-order valence-electron chi connectivity index (χ4n) is 3.15. The van der Waals surface area contributed by atoms with Crippen LogP contribution in [0, 0.1) is 5.21 Å². The van der Waals surface area contributed by atoms with E-state index in [4.69, 9.17) is 9.47 Å². The maximum absolute atomic E-state index is 12.9. The van der Waals surface area contributed by atoms with Crippen molar-refractivity contribution < 1.29 is 24.2 Å². The number of imidazole rings is 1. The number of fused-ring (bicyclic) bond motifs is 2. The molecule has 2 aromatic carbocycles. The van der Waals surface area contributed by atoms with E-state index in [1.807, 2.05) is 5.38 Å². The number of thiophene rings is 1. The number of carbonyl (C=O) groups excluding carboxylic acids is 1. The average Bonchev–Trinajstić information content (AvgIpc) is 3.41. The molecule has 0 unspecified atom stereocenters. The Kier molecular flexibility index (Phi) is 3.34. The van der Waals surface area contributed by atoms with Crippen molar-refractivity contribution in [2.45, 2.75) is 0 Å². The van der Waals surface area contributed by atoms with Crippen molar-refractivity contribution in [2.75, 3.05) is 6.79 Å². The number of hydrogen-bond donors (Lipinski definition) is 1. The zero-order valence-electron chi connectivity index (χ0n) is 13.8. The summed E-state index contributed by atoms with van der Waals surface area (Å²) >= 11 is 1.34. The molecule has 0 aliphatic carbocycles. The van der Waals surface area contributed by atoms with Gasteiger partial charge in [0.2, 0.25) is 18.1 Å². The summed E-state index contributed by atoms with van der Waals surface area (Å²) < 4.78 is 12.0. The minimum absolute atomic E-state index is 0.0315. The quantitative estimate of drug-likeness (QED) is 0.255. The topological polar surface area (TPSA) is 87.6 Å². The lowest BCUT2D eigenvalue weighted by atomic mass is 10.1. The summed E-state index contributed by atoms with van der Waals surface area (Å²) in [7, 11) is 0. The van der Waals surface area contributed by atoms with Crippen LogP contribution in [0.15, 0.2) is 53.9 Å². The van der Waals surface area contributed by atoms with Gasteiger partial charge in [-0.1, -0.05) is 6.07 Å². The van der Waals surface area contributed by atoms with Crippen LogP contribution >= 0.6 is 11.3 Å². The summed E-state index contributed by atoms with van der Waals surface area (Å²) in [6.07, 6.45) is 0. The predicted molar refractivity (Wildman–Crippen MR) is 97.4 cm³/mol. The molecule has 0 spiro atoms. The zero-order chi connectivity index (χ0) is 18.5. The summed E-state index contributed by atoms with van der Waals surface area (Å²) in [4.78, 5) is 13.1. The van der Waals surface area contributed by atoms with Gasteiger partial charge in [0.1, 0.15) is 0 Å². The second kappa shape index (κ2) is 5.75. The highest BCUT2D eigenvalue weighted by atomic mass is 32.1. The van der Waals surface area contributed by atoms with E-state index in [0.29, 0.717) is 37.8 Å². The largest absolute Gasteiger partial charge is 0.710 e. The van der Waals surface area contributed by atoms with Crippen molar-refractivity contribution in [3.05, 3.63) is 69.6 Å². The molecule has 0 amide bonds. The predicted octanol–water partition coefficient (Wildman–Crippen LogP) is 3.20. The Morgan fingerprint density at radius 1 is 1.15 bits per heavy atom. The molecule has 5 rings (SSSR count). The number of rotatable bonds is 3. The first-order valence-corrected chi connectivity index (χ1v) is 8.97. The van der Waals surface area contributed by atoms with E-state index in [-0.39, 0.29) is 23.9 Å². The van der Waals surface area contributed by atoms with E-state index in [1.165, 1.54) is 17.4 Å². The summed E-state index contributed by atoms with van der Waals surface area (Å²) in [6.45, 7) is 0.118. The zero-order valence-corrected chi connectivity index (χ0v) is 14.6. The second-order valence-electron chi connectivity index (χ2n) is 6.01. The van der Waals surface area contributed by atoms with Gasteiger partial charge < -0.3 is 19.9 Å². The normalized spacial score (nSPS) is 12.6. The SMILES string of the molecule is O=C(c1ccc2c(c1)[n+]([O-])c(-c1ccc3c(c1)OCO3)n2O)c1cccs1. The Balaban J connectivity index is 1.65. The van der Waals surface area contributed by atoms with Crippen molar-refractivity contribution in [1.82, 2.24) is 4.73 Å². The summed E-state index contributed by atoms with van der Waals surface area (Å²) in [5, 5.41) is 25.2. The number of aromatic nitrogens is 2. The highest BCUT2D eigenvalue weighted by Crippen LogP contribution is 2.35. The Morgan fingerprint density at radius 3 is 2.81 bits per heavy atom. The molecule has 4 aromatic rings. The summed E-state index contributed by atoms with van der Waals surface area (Å²) in [5.74, 6) is 0.957. The van der Waals surface area contributed by atoms with Gasteiger partial charge in [0.25, 0.3) is 0 Å². The lowest BCUT2D eigenvalue weighted by molar-refractivity contribution is -0.567. The van der Waals surface area contributed by atoms with Gasteiger partial charge in [-0.2, -0.15) is 0 Å². The molecule has 7 nitrogen and oxygen atoms in total. The highest BCUT2D eigenvalue weighted by molar-refractivity contribution is 7.12. The molecule has 0 saturated heterocycles. The Morgan fingerprint density at radius 2 is 2.00 bits per heavy atom. The number of ether oxygens (including phenoxy) is 2. The highest BCUT2D eigenvalue weighted by Gasteiger charge is 2.26. The number of ketones is 1. The van der Waals surface area contributed by atoms with Gasteiger partial charge >= 0.3 is 5.82 Å². The molecule has 0 radical (unpaired) electrons. The van der Waals surface area contributed by atoms with Gasteiger partial charge in [0.05, 0.1) is 10.4 Å². The monoisotopic (exact) mass is 380 g/mol. The molecule has 3 heterocycles. The molecular formula is C19H12N2O5S. The van der Waals surface area contributed by atoms with E-state index in [0.717, 1.165) is 4.73 Å². The third kappa shape index (κ3) is 2.34. The molecule has 8 heteroatoms. The van der Waals surface area contributed by atoms with Crippen LogP contribution in [0.1, 0.15) is 15.2 Å². The molecule has 0 atom stereocenters. The van der Waals surface area contributed by atoms with Crippen LogP contribution in [-0.2, 0) is 0 Å². The fraction of sp³-hybridized carbons (Fsp3) is 0.0526. The van der Waals surface area contributed by atoms with E-state index in [1.54, 1.807) is 42.5 Å². The molecule has 1 aliphatic rings. The molecule has 2 aromatic heterocycles. The maximum Gasteiger partial charge on any atom is 0.332 e. The first kappa shape index (κ1) is 15.7. The second-order valence-corrected chi connectivity index (χ2v) is 6.96. The van der Waals surface area contributed by atoms with Crippen LogP contribution < -0.4 is 14.2 Å². The number of carbonyl (C=O) groups is 1. The maximum atomic E-state index is 12.9. The number of hydrogen-bond acceptors (Lipinski definition) is 6. The van der Waals surface area contributed by atoms with Gasteiger partial charge in [-0.25, -0.2) is 4.73 Å². The van der Waals surface area contributed by atoms with Crippen LogP contribution in [0.4, 0.5) is 0 Å². The van der Waals surface area contributed by atoms with Crippen LogP contribution in [0.25, 0.3) is 22.4 Å². The first-order chi connectivity index (χ1) is 13.1. The van der Waals surface area contributed by atoms with Gasteiger partial charge in [0.15, 0.2) is 17.0 Å². The molecule has 0 saturated carbocycles. The minimum atomic E-state index is -0.165. The van der Waals surface area contributed by atoms with Gasteiger partial charge in [0, 0.05) is 11.6 Å². The standard InChI is InChI=1S/C19H12N2O5S/c22-18(17-2-1-7-27-17)11-3-5-13-14(8-11)21(24)19(20(13)23)12-4-6-15-16(9-12)26-10-25-15/h1-9,23H,10H2. The van der Waals surface area contributed by atoms with E-state index in [9.17, 15) is 15.2 Å². The van der Waals surface area contributed by atoms with Crippen molar-refractivity contribution in [3.63, 3.8) is 0 Å². The summed E-state index contributed by atoms with van der Waals surface area (Å²) in [5.41, 5.74) is 1.37. The molecule has 0 fully saturated rings. The molecule has 1 N–H and O–H groups in total. The van der Waals surface area contributed by atoms with E-state index in [2.05, 4.69) is 0 Å². The lowest BCUT2D eigenvalue weighted by Crippen LogP contribution is -2.28. The van der Waals surface area contributed by atoms with E-state index >= 15 is 0 Å². The van der Waals surface area contributed by atoms with E-state index < -0.39 is 0 Å². The number of nitrogens with zero attached hydrogens (tertiary/aromatic N) is 2. The van der Waals surface area contributed by atoms with Crippen LogP contribution in [0.5, 0.6) is 11.5 Å². The molecule has 1 aliphatic heterocycles. The smallest absolute Gasteiger partial charge is 0.332 e.